The number of rotatable bonds is 6. The molecule has 1 heterocycles. The van der Waals surface area contributed by atoms with Gasteiger partial charge in [-0.05, 0) is 24.6 Å². The van der Waals surface area contributed by atoms with Crippen molar-refractivity contribution < 1.29 is 9.90 Å². The van der Waals surface area contributed by atoms with Crippen LogP contribution in [0.2, 0.25) is 0 Å². The van der Waals surface area contributed by atoms with E-state index < -0.39 is 5.97 Å². The van der Waals surface area contributed by atoms with E-state index >= 15 is 0 Å². The van der Waals surface area contributed by atoms with Crippen molar-refractivity contribution >= 4 is 17.7 Å². The first kappa shape index (κ1) is 13.7. The second-order valence-corrected chi connectivity index (χ2v) is 5.15. The largest absolute Gasteiger partial charge is 0.481 e. The molecule has 1 aromatic heterocycles. The maximum absolute atomic E-state index is 10.7. The quantitative estimate of drug-likeness (QED) is 0.824. The number of aliphatic carboxylic acids is 1. The number of para-hydroxylation sites is 1. The molecule has 1 aromatic carbocycles. The summed E-state index contributed by atoms with van der Waals surface area (Å²) >= 11 is 1.30. The van der Waals surface area contributed by atoms with Crippen molar-refractivity contribution in [2.24, 2.45) is 0 Å². The van der Waals surface area contributed by atoms with E-state index in [2.05, 4.69) is 12.0 Å². The molecule has 2 aromatic rings. The summed E-state index contributed by atoms with van der Waals surface area (Å²) in [7, 11) is 0. The van der Waals surface area contributed by atoms with Gasteiger partial charge >= 0.3 is 5.97 Å². The van der Waals surface area contributed by atoms with E-state index in [9.17, 15) is 4.79 Å². The zero-order valence-corrected chi connectivity index (χ0v) is 11.6. The molecule has 0 saturated heterocycles. The molecule has 2 rings (SSSR count). The fraction of sp³-hybridized carbons (Fsp3) is 0.286. The van der Waals surface area contributed by atoms with Gasteiger partial charge in [0.15, 0.2) is 0 Å². The van der Waals surface area contributed by atoms with Crippen LogP contribution >= 0.6 is 11.8 Å². The van der Waals surface area contributed by atoms with Gasteiger partial charge in [0.05, 0.1) is 17.1 Å². The smallest absolute Gasteiger partial charge is 0.313 e. The number of nitrogens with zero attached hydrogens (tertiary/aromatic N) is 2. The lowest BCUT2D eigenvalue weighted by molar-refractivity contribution is -0.133. The van der Waals surface area contributed by atoms with Crippen molar-refractivity contribution in [1.29, 1.82) is 0 Å². The Morgan fingerprint density at radius 1 is 1.37 bits per heavy atom. The molecule has 0 fully saturated rings. The average molecular weight is 276 g/mol. The third kappa shape index (κ3) is 3.61. The van der Waals surface area contributed by atoms with Crippen LogP contribution < -0.4 is 0 Å². The Morgan fingerprint density at radius 3 is 2.74 bits per heavy atom. The Kier molecular flexibility index (Phi) is 4.63. The molecule has 0 aliphatic carbocycles. The van der Waals surface area contributed by atoms with Crippen LogP contribution in [0.4, 0.5) is 0 Å². The SMILES string of the molecule is CCCc1cc(SCC(=O)O)n(-c2ccccc2)n1. The summed E-state index contributed by atoms with van der Waals surface area (Å²) in [5.41, 5.74) is 1.96. The number of aryl methyl sites for hydroxylation is 1. The van der Waals surface area contributed by atoms with Gasteiger partial charge in [0.25, 0.3) is 0 Å². The van der Waals surface area contributed by atoms with E-state index in [0.29, 0.717) is 0 Å². The van der Waals surface area contributed by atoms with Crippen molar-refractivity contribution in [3.05, 3.63) is 42.1 Å². The van der Waals surface area contributed by atoms with Crippen LogP contribution in [0.3, 0.4) is 0 Å². The Bertz CT molecular complexity index is 552. The van der Waals surface area contributed by atoms with E-state index in [1.807, 2.05) is 41.1 Å². The standard InChI is InChI=1S/C14H16N2O2S/c1-2-6-11-9-13(19-10-14(17)18)16(15-11)12-7-4-3-5-8-12/h3-5,7-9H,2,6,10H2,1H3,(H,17,18). The number of thioether (sulfide) groups is 1. The number of benzene rings is 1. The minimum Gasteiger partial charge on any atom is -0.481 e. The van der Waals surface area contributed by atoms with Gasteiger partial charge < -0.3 is 5.11 Å². The van der Waals surface area contributed by atoms with Crippen molar-refractivity contribution in [2.45, 2.75) is 24.8 Å². The van der Waals surface area contributed by atoms with Gasteiger partial charge in [-0.2, -0.15) is 5.10 Å². The summed E-state index contributed by atoms with van der Waals surface area (Å²) in [5, 5.41) is 14.2. The van der Waals surface area contributed by atoms with Crippen molar-refractivity contribution in [3.63, 3.8) is 0 Å². The number of hydrogen-bond donors (Lipinski definition) is 1. The first-order valence-corrected chi connectivity index (χ1v) is 7.18. The molecular weight excluding hydrogens is 260 g/mol. The van der Waals surface area contributed by atoms with Crippen LogP contribution in [0.25, 0.3) is 5.69 Å². The molecular formula is C14H16N2O2S. The molecule has 5 heteroatoms. The third-order valence-electron chi connectivity index (χ3n) is 2.58. The van der Waals surface area contributed by atoms with Crippen molar-refractivity contribution in [3.8, 4) is 5.69 Å². The molecule has 19 heavy (non-hydrogen) atoms. The van der Waals surface area contributed by atoms with E-state index in [4.69, 9.17) is 5.11 Å². The Morgan fingerprint density at radius 2 is 2.11 bits per heavy atom. The minimum atomic E-state index is -0.817. The lowest BCUT2D eigenvalue weighted by atomic mass is 10.3. The first-order chi connectivity index (χ1) is 9.20. The Labute approximate surface area is 116 Å². The molecule has 0 radical (unpaired) electrons. The Balaban J connectivity index is 2.31. The highest BCUT2D eigenvalue weighted by Gasteiger charge is 2.11. The van der Waals surface area contributed by atoms with Gasteiger partial charge in [-0.15, -0.1) is 0 Å². The summed E-state index contributed by atoms with van der Waals surface area (Å²) in [6.07, 6.45) is 1.93. The number of aromatic nitrogens is 2. The predicted molar refractivity (Wildman–Crippen MR) is 75.9 cm³/mol. The van der Waals surface area contributed by atoms with Gasteiger partial charge in [0.1, 0.15) is 5.03 Å². The molecule has 0 aliphatic heterocycles. The normalized spacial score (nSPS) is 10.6. The summed E-state index contributed by atoms with van der Waals surface area (Å²) < 4.78 is 1.82. The summed E-state index contributed by atoms with van der Waals surface area (Å²) in [6, 6.07) is 11.7. The van der Waals surface area contributed by atoms with Crippen molar-refractivity contribution in [2.75, 3.05) is 5.75 Å². The van der Waals surface area contributed by atoms with E-state index in [1.165, 1.54) is 11.8 Å². The van der Waals surface area contributed by atoms with Gasteiger partial charge in [0, 0.05) is 0 Å². The minimum absolute atomic E-state index is 0.0457. The van der Waals surface area contributed by atoms with E-state index in [1.54, 1.807) is 0 Å². The van der Waals surface area contributed by atoms with E-state index in [-0.39, 0.29) is 5.75 Å². The van der Waals surface area contributed by atoms with Gasteiger partial charge in [-0.25, -0.2) is 4.68 Å². The molecule has 1 N–H and O–H groups in total. The number of carboxylic acid groups (broad SMARTS) is 1. The van der Waals surface area contributed by atoms with Crippen LogP contribution in [0.1, 0.15) is 19.0 Å². The lowest BCUT2D eigenvalue weighted by Crippen LogP contribution is -2.02. The lowest BCUT2D eigenvalue weighted by Gasteiger charge is -2.05. The topological polar surface area (TPSA) is 55.1 Å². The molecule has 0 aliphatic rings. The average Bonchev–Trinajstić information content (AvgIpc) is 2.81. The highest BCUT2D eigenvalue weighted by Crippen LogP contribution is 2.23. The van der Waals surface area contributed by atoms with Crippen LogP contribution in [-0.4, -0.2) is 26.6 Å². The first-order valence-electron chi connectivity index (χ1n) is 6.19. The highest BCUT2D eigenvalue weighted by molar-refractivity contribution is 7.99. The zero-order chi connectivity index (χ0) is 13.7. The molecule has 0 spiro atoms. The van der Waals surface area contributed by atoms with E-state index in [0.717, 1.165) is 29.2 Å². The maximum atomic E-state index is 10.7. The van der Waals surface area contributed by atoms with Crippen LogP contribution in [0.5, 0.6) is 0 Å². The summed E-state index contributed by atoms with van der Waals surface area (Å²) in [4.78, 5) is 10.7. The second-order valence-electron chi connectivity index (χ2n) is 4.15. The van der Waals surface area contributed by atoms with Gasteiger partial charge in [0.2, 0.25) is 0 Å². The monoisotopic (exact) mass is 276 g/mol. The molecule has 0 bridgehead atoms. The van der Waals surface area contributed by atoms with Crippen LogP contribution in [-0.2, 0) is 11.2 Å². The fourth-order valence-corrected chi connectivity index (χ4v) is 2.54. The highest BCUT2D eigenvalue weighted by atomic mass is 32.2. The number of carbonyl (C=O) groups is 1. The second kappa shape index (κ2) is 6.43. The van der Waals surface area contributed by atoms with Crippen LogP contribution in [0.15, 0.2) is 41.4 Å². The number of carboxylic acids is 1. The fourth-order valence-electron chi connectivity index (χ4n) is 1.78. The molecule has 0 saturated carbocycles. The Hall–Kier alpha value is -1.75. The molecule has 0 amide bonds. The molecule has 100 valence electrons. The van der Waals surface area contributed by atoms with Gasteiger partial charge in [-0.1, -0.05) is 43.3 Å². The molecule has 4 nitrogen and oxygen atoms in total. The third-order valence-corrected chi connectivity index (χ3v) is 3.56. The predicted octanol–water partition coefficient (Wildman–Crippen LogP) is 3.00. The zero-order valence-electron chi connectivity index (χ0n) is 10.7. The van der Waals surface area contributed by atoms with Crippen molar-refractivity contribution in [1.82, 2.24) is 9.78 Å². The molecule has 0 atom stereocenters. The summed E-state index contributed by atoms with van der Waals surface area (Å²) in [6.45, 7) is 2.10. The number of hydrogen-bond acceptors (Lipinski definition) is 3. The maximum Gasteiger partial charge on any atom is 0.313 e. The molecule has 0 unspecified atom stereocenters. The van der Waals surface area contributed by atoms with Gasteiger partial charge in [-0.3, -0.25) is 4.79 Å². The van der Waals surface area contributed by atoms with Crippen LogP contribution in [0, 0.1) is 0 Å². The summed E-state index contributed by atoms with van der Waals surface area (Å²) in [5.74, 6) is -0.771.